The number of aliphatic hydroxyl groups excluding tert-OH is 3. The van der Waals surface area contributed by atoms with Gasteiger partial charge in [0.1, 0.15) is 6.10 Å². The summed E-state index contributed by atoms with van der Waals surface area (Å²) < 4.78 is 9.09. The van der Waals surface area contributed by atoms with E-state index in [9.17, 15) is 24.6 Å². The summed E-state index contributed by atoms with van der Waals surface area (Å²) in [5.74, 6) is -5.08. The second-order valence-electron chi connectivity index (χ2n) is 3.66. The number of aliphatic hydroxyl groups is 3. The molecule has 0 aromatic rings. The summed E-state index contributed by atoms with van der Waals surface area (Å²) in [5, 5.41) is 35.8. The molecule has 0 spiro atoms. The Labute approximate surface area is 106 Å². The Kier molecular flexibility index (Phi) is 4.84. The van der Waals surface area contributed by atoms with Crippen LogP contribution in [0.4, 0.5) is 0 Å². The average Bonchev–Trinajstić information content (AvgIpc) is 2.63. The summed E-state index contributed by atoms with van der Waals surface area (Å²) in [4.78, 5) is 32.6. The number of esters is 2. The highest BCUT2D eigenvalue weighted by Gasteiger charge is 2.41. The zero-order valence-corrected chi connectivity index (χ0v) is 9.61. The number of hydrogen-bond donors (Lipinski definition) is 4. The van der Waals surface area contributed by atoms with Crippen molar-refractivity contribution in [1.29, 1.82) is 0 Å². The summed E-state index contributed by atoms with van der Waals surface area (Å²) in [6.45, 7) is -0.790. The number of rotatable bonds is 6. The molecule has 0 radical (unpaired) electrons. The van der Waals surface area contributed by atoms with Gasteiger partial charge in [-0.05, 0) is 0 Å². The Morgan fingerprint density at radius 1 is 1.37 bits per heavy atom. The lowest BCUT2D eigenvalue weighted by molar-refractivity contribution is -0.152. The first-order valence-corrected chi connectivity index (χ1v) is 5.22. The predicted molar refractivity (Wildman–Crippen MR) is 55.6 cm³/mol. The fourth-order valence-electron chi connectivity index (χ4n) is 1.30. The monoisotopic (exact) mass is 276 g/mol. The first kappa shape index (κ1) is 14.9. The number of hydrogen-bond acceptors (Lipinski definition) is 8. The van der Waals surface area contributed by atoms with E-state index >= 15 is 0 Å². The molecule has 0 bridgehead atoms. The molecule has 106 valence electrons. The van der Waals surface area contributed by atoms with Crippen LogP contribution in [0.3, 0.4) is 0 Å². The van der Waals surface area contributed by atoms with Gasteiger partial charge in [0, 0.05) is 0 Å². The first-order chi connectivity index (χ1) is 8.86. The van der Waals surface area contributed by atoms with Gasteiger partial charge in [-0.15, -0.1) is 0 Å². The lowest BCUT2D eigenvalue weighted by Crippen LogP contribution is -2.33. The van der Waals surface area contributed by atoms with Crippen LogP contribution in [0.25, 0.3) is 0 Å². The molecule has 1 aliphatic rings. The lowest BCUT2D eigenvalue weighted by Gasteiger charge is -2.17. The molecule has 1 aliphatic heterocycles. The third-order valence-electron chi connectivity index (χ3n) is 2.22. The van der Waals surface area contributed by atoms with Crippen molar-refractivity contribution in [2.24, 2.45) is 0 Å². The van der Waals surface area contributed by atoms with Crippen LogP contribution < -0.4 is 0 Å². The van der Waals surface area contributed by atoms with Gasteiger partial charge in [0.15, 0.2) is 6.10 Å². The Morgan fingerprint density at radius 2 is 2.00 bits per heavy atom. The molecule has 4 N–H and O–H groups in total. The number of carboxylic acid groups (broad SMARTS) is 1. The number of carbonyl (C=O) groups is 3. The molecule has 2 atom stereocenters. The lowest BCUT2D eigenvalue weighted by atomic mass is 10.2. The maximum absolute atomic E-state index is 11.3. The van der Waals surface area contributed by atoms with Crippen molar-refractivity contribution >= 4 is 17.9 Å². The standard InChI is InChI=1S/C10H12O9/c11-3-4(12)8-9(7(16)10(17)19-8)18-6(15)2-1-5(13)14/h4,8,11-12,16H,1-3H2,(H,13,14)/t4-,8+/m0/s1. The van der Waals surface area contributed by atoms with Gasteiger partial charge in [-0.2, -0.15) is 0 Å². The van der Waals surface area contributed by atoms with E-state index in [1.807, 2.05) is 0 Å². The highest BCUT2D eigenvalue weighted by atomic mass is 16.6. The molecule has 0 aliphatic carbocycles. The van der Waals surface area contributed by atoms with Crippen molar-refractivity contribution in [2.45, 2.75) is 25.0 Å². The first-order valence-electron chi connectivity index (χ1n) is 5.22. The van der Waals surface area contributed by atoms with Crippen molar-refractivity contribution in [3.8, 4) is 0 Å². The van der Waals surface area contributed by atoms with Gasteiger partial charge in [-0.3, -0.25) is 9.59 Å². The van der Waals surface area contributed by atoms with Gasteiger partial charge < -0.3 is 29.9 Å². The minimum atomic E-state index is -1.57. The van der Waals surface area contributed by atoms with Crippen molar-refractivity contribution in [3.63, 3.8) is 0 Å². The molecule has 0 aromatic heterocycles. The van der Waals surface area contributed by atoms with Gasteiger partial charge >= 0.3 is 17.9 Å². The van der Waals surface area contributed by atoms with Crippen molar-refractivity contribution < 1.29 is 44.3 Å². The van der Waals surface area contributed by atoms with Crippen molar-refractivity contribution in [1.82, 2.24) is 0 Å². The van der Waals surface area contributed by atoms with Gasteiger partial charge in [-0.1, -0.05) is 0 Å². The fraction of sp³-hybridized carbons (Fsp3) is 0.500. The zero-order chi connectivity index (χ0) is 14.6. The van der Waals surface area contributed by atoms with Crippen LogP contribution in [-0.4, -0.2) is 57.1 Å². The summed E-state index contributed by atoms with van der Waals surface area (Å²) in [5.41, 5.74) is 0. The summed E-state index contributed by atoms with van der Waals surface area (Å²) in [6.07, 6.45) is -4.06. The molecule has 0 saturated heterocycles. The third kappa shape index (κ3) is 3.66. The largest absolute Gasteiger partial charge is 0.499 e. The molecule has 0 saturated carbocycles. The second kappa shape index (κ2) is 6.16. The van der Waals surface area contributed by atoms with Crippen LogP contribution in [0.1, 0.15) is 12.8 Å². The predicted octanol–water partition coefficient (Wildman–Crippen LogP) is -1.56. The molecule has 1 heterocycles. The maximum Gasteiger partial charge on any atom is 0.378 e. The molecule has 1 rings (SSSR count). The summed E-state index contributed by atoms with van der Waals surface area (Å²) in [7, 11) is 0. The molecule has 9 heteroatoms. The number of carboxylic acids is 1. The van der Waals surface area contributed by atoms with Crippen molar-refractivity contribution in [2.75, 3.05) is 6.61 Å². The van der Waals surface area contributed by atoms with E-state index in [4.69, 9.17) is 10.2 Å². The van der Waals surface area contributed by atoms with E-state index in [2.05, 4.69) is 9.47 Å². The molecule has 0 aromatic carbocycles. The fourth-order valence-corrected chi connectivity index (χ4v) is 1.30. The molecular formula is C10H12O9. The van der Waals surface area contributed by atoms with E-state index < -0.39 is 61.1 Å². The quantitative estimate of drug-likeness (QED) is 0.422. The van der Waals surface area contributed by atoms with Gasteiger partial charge in [0.05, 0.1) is 19.4 Å². The highest BCUT2D eigenvalue weighted by Crippen LogP contribution is 2.25. The van der Waals surface area contributed by atoms with E-state index in [-0.39, 0.29) is 0 Å². The minimum absolute atomic E-state index is 0.484. The van der Waals surface area contributed by atoms with E-state index in [0.717, 1.165) is 0 Å². The molecular weight excluding hydrogens is 264 g/mol. The van der Waals surface area contributed by atoms with Gasteiger partial charge in [0.2, 0.25) is 11.5 Å². The van der Waals surface area contributed by atoms with Crippen LogP contribution in [-0.2, 0) is 23.9 Å². The number of ether oxygens (including phenoxy) is 2. The van der Waals surface area contributed by atoms with E-state index in [1.54, 1.807) is 0 Å². The Bertz CT molecular complexity index is 425. The van der Waals surface area contributed by atoms with Crippen molar-refractivity contribution in [3.05, 3.63) is 11.5 Å². The summed E-state index contributed by atoms with van der Waals surface area (Å²) in [6, 6.07) is 0. The zero-order valence-electron chi connectivity index (χ0n) is 9.61. The third-order valence-corrected chi connectivity index (χ3v) is 2.22. The van der Waals surface area contributed by atoms with E-state index in [0.29, 0.717) is 0 Å². The van der Waals surface area contributed by atoms with Gasteiger partial charge in [-0.25, -0.2) is 4.79 Å². The smallest absolute Gasteiger partial charge is 0.378 e. The number of aliphatic carboxylic acids is 1. The van der Waals surface area contributed by atoms with Crippen LogP contribution in [0.5, 0.6) is 0 Å². The number of carbonyl (C=O) groups excluding carboxylic acids is 2. The van der Waals surface area contributed by atoms with E-state index in [1.165, 1.54) is 0 Å². The Balaban J connectivity index is 2.74. The minimum Gasteiger partial charge on any atom is -0.499 e. The average molecular weight is 276 g/mol. The molecule has 0 unspecified atom stereocenters. The molecule has 0 amide bonds. The highest BCUT2D eigenvalue weighted by molar-refractivity contribution is 5.90. The molecule has 19 heavy (non-hydrogen) atoms. The molecule has 9 nitrogen and oxygen atoms in total. The van der Waals surface area contributed by atoms with Crippen LogP contribution >= 0.6 is 0 Å². The normalized spacial score (nSPS) is 20.1. The second-order valence-corrected chi connectivity index (χ2v) is 3.66. The Hall–Kier alpha value is -2.13. The maximum atomic E-state index is 11.3. The van der Waals surface area contributed by atoms with Crippen LogP contribution in [0.2, 0.25) is 0 Å². The topological polar surface area (TPSA) is 151 Å². The number of cyclic esters (lactones) is 1. The van der Waals surface area contributed by atoms with Crippen LogP contribution in [0, 0.1) is 0 Å². The molecule has 0 fully saturated rings. The Morgan fingerprint density at radius 3 is 2.53 bits per heavy atom. The summed E-state index contributed by atoms with van der Waals surface area (Å²) >= 11 is 0. The SMILES string of the molecule is O=C(O)CCC(=O)OC1=C(O)C(=O)O[C@@H]1[C@@H](O)CO. The van der Waals surface area contributed by atoms with Gasteiger partial charge in [0.25, 0.3) is 0 Å². The van der Waals surface area contributed by atoms with Crippen LogP contribution in [0.15, 0.2) is 11.5 Å².